The number of hydrogen-bond donors (Lipinski definition) is 2. The minimum Gasteiger partial charge on any atom is -0.495 e. The SMILES string of the molecule is COc1ccccc1N1CCN(C(=NCCc2ccccc2)Nc2cccc(C(=O)O)c2)CC1. The van der Waals surface area contributed by atoms with Gasteiger partial charge in [-0.25, -0.2) is 4.79 Å². The monoisotopic (exact) mass is 458 g/mol. The third-order valence-corrected chi connectivity index (χ3v) is 5.88. The molecule has 0 amide bonds. The highest BCUT2D eigenvalue weighted by Gasteiger charge is 2.22. The summed E-state index contributed by atoms with van der Waals surface area (Å²) in [6.07, 6.45) is 0.836. The number of benzene rings is 3. The molecule has 0 radical (unpaired) electrons. The fourth-order valence-electron chi connectivity index (χ4n) is 4.06. The summed E-state index contributed by atoms with van der Waals surface area (Å²) in [6, 6.07) is 25.2. The fourth-order valence-corrected chi connectivity index (χ4v) is 4.06. The van der Waals surface area contributed by atoms with Gasteiger partial charge < -0.3 is 25.0 Å². The van der Waals surface area contributed by atoms with Gasteiger partial charge in [-0.05, 0) is 42.3 Å². The van der Waals surface area contributed by atoms with Crippen molar-refractivity contribution in [3.05, 3.63) is 90.0 Å². The molecule has 0 aromatic heterocycles. The van der Waals surface area contributed by atoms with Crippen molar-refractivity contribution in [1.29, 1.82) is 0 Å². The molecule has 7 nitrogen and oxygen atoms in total. The van der Waals surface area contributed by atoms with Gasteiger partial charge in [-0.15, -0.1) is 0 Å². The average Bonchev–Trinajstić information content (AvgIpc) is 2.89. The minimum atomic E-state index is -0.948. The summed E-state index contributed by atoms with van der Waals surface area (Å²) in [5.41, 5.74) is 3.29. The number of hydrogen-bond acceptors (Lipinski definition) is 4. The normalized spacial score (nSPS) is 14.1. The van der Waals surface area contributed by atoms with Gasteiger partial charge in [0.2, 0.25) is 0 Å². The van der Waals surface area contributed by atoms with Crippen molar-refractivity contribution in [1.82, 2.24) is 4.90 Å². The van der Waals surface area contributed by atoms with E-state index in [1.54, 1.807) is 25.3 Å². The van der Waals surface area contributed by atoms with Crippen LogP contribution in [0.3, 0.4) is 0 Å². The summed E-state index contributed by atoms with van der Waals surface area (Å²) < 4.78 is 5.54. The topological polar surface area (TPSA) is 77.4 Å². The predicted molar refractivity (Wildman–Crippen MR) is 136 cm³/mol. The van der Waals surface area contributed by atoms with Crippen LogP contribution >= 0.6 is 0 Å². The van der Waals surface area contributed by atoms with Crippen LogP contribution in [0.2, 0.25) is 0 Å². The van der Waals surface area contributed by atoms with Crippen molar-refractivity contribution >= 4 is 23.3 Å². The van der Waals surface area contributed by atoms with Crippen molar-refractivity contribution in [2.45, 2.75) is 6.42 Å². The first kappa shape index (κ1) is 23.2. The number of carbonyl (C=O) groups is 1. The molecule has 0 atom stereocenters. The molecule has 1 aliphatic rings. The maximum atomic E-state index is 11.4. The second-order valence-electron chi connectivity index (χ2n) is 8.10. The zero-order valence-electron chi connectivity index (χ0n) is 19.4. The smallest absolute Gasteiger partial charge is 0.335 e. The third-order valence-electron chi connectivity index (χ3n) is 5.88. The molecule has 0 spiro atoms. The van der Waals surface area contributed by atoms with Crippen molar-refractivity contribution < 1.29 is 14.6 Å². The van der Waals surface area contributed by atoms with E-state index in [1.165, 1.54) is 5.56 Å². The molecule has 2 N–H and O–H groups in total. The standard InChI is InChI=1S/C27H30N4O3/c1-34-25-13-6-5-12-24(25)30-16-18-31(19-17-30)27(28-15-14-21-8-3-2-4-9-21)29-23-11-7-10-22(20-23)26(32)33/h2-13,20H,14-19H2,1H3,(H,28,29)(H,32,33). The Morgan fingerprint density at radius 2 is 1.71 bits per heavy atom. The zero-order valence-corrected chi connectivity index (χ0v) is 19.4. The molecule has 3 aromatic carbocycles. The highest BCUT2D eigenvalue weighted by atomic mass is 16.5. The molecule has 0 bridgehead atoms. The zero-order chi connectivity index (χ0) is 23.8. The summed E-state index contributed by atoms with van der Waals surface area (Å²) >= 11 is 0. The molecule has 176 valence electrons. The number of anilines is 2. The molecule has 34 heavy (non-hydrogen) atoms. The van der Waals surface area contributed by atoms with Crippen LogP contribution in [0.25, 0.3) is 0 Å². The van der Waals surface area contributed by atoms with Gasteiger partial charge in [-0.2, -0.15) is 0 Å². The van der Waals surface area contributed by atoms with Crippen LogP contribution < -0.4 is 15.0 Å². The van der Waals surface area contributed by atoms with E-state index in [0.29, 0.717) is 12.2 Å². The minimum absolute atomic E-state index is 0.245. The van der Waals surface area contributed by atoms with E-state index >= 15 is 0 Å². The second kappa shape index (κ2) is 11.2. The number of rotatable bonds is 7. The van der Waals surface area contributed by atoms with Crippen molar-refractivity contribution in [3.8, 4) is 5.75 Å². The number of methoxy groups -OCH3 is 1. The fraction of sp³-hybridized carbons (Fsp3) is 0.259. The number of carboxylic acid groups (broad SMARTS) is 1. The number of nitrogens with zero attached hydrogens (tertiary/aromatic N) is 3. The lowest BCUT2D eigenvalue weighted by Gasteiger charge is -2.38. The number of carboxylic acids is 1. The van der Waals surface area contributed by atoms with Gasteiger partial charge in [0.05, 0.1) is 18.4 Å². The maximum Gasteiger partial charge on any atom is 0.335 e. The Hall–Kier alpha value is -4.00. The van der Waals surface area contributed by atoms with Crippen molar-refractivity contribution in [3.63, 3.8) is 0 Å². The van der Waals surface area contributed by atoms with Crippen molar-refractivity contribution in [2.24, 2.45) is 4.99 Å². The van der Waals surface area contributed by atoms with Gasteiger partial charge in [0.25, 0.3) is 0 Å². The quantitative estimate of drug-likeness (QED) is 0.408. The summed E-state index contributed by atoms with van der Waals surface area (Å²) in [4.78, 5) is 20.8. The number of aromatic carboxylic acids is 1. The van der Waals surface area contributed by atoms with Crippen LogP contribution in [0.1, 0.15) is 15.9 Å². The summed E-state index contributed by atoms with van der Waals surface area (Å²) in [6.45, 7) is 3.86. The van der Waals surface area contributed by atoms with E-state index in [1.807, 2.05) is 42.5 Å². The Morgan fingerprint density at radius 3 is 2.44 bits per heavy atom. The molecule has 1 saturated heterocycles. The number of guanidine groups is 1. The Morgan fingerprint density at radius 1 is 0.971 bits per heavy atom. The van der Waals surface area contributed by atoms with E-state index in [9.17, 15) is 9.90 Å². The van der Waals surface area contributed by atoms with Crippen LogP contribution in [-0.2, 0) is 6.42 Å². The van der Waals surface area contributed by atoms with E-state index in [0.717, 1.165) is 50.0 Å². The summed E-state index contributed by atoms with van der Waals surface area (Å²) in [5, 5.41) is 12.7. The lowest BCUT2D eigenvalue weighted by atomic mass is 10.1. The molecular weight excluding hydrogens is 428 g/mol. The molecule has 0 aliphatic carbocycles. The van der Waals surface area contributed by atoms with Gasteiger partial charge in [-0.1, -0.05) is 48.5 Å². The van der Waals surface area contributed by atoms with Gasteiger partial charge in [0.15, 0.2) is 5.96 Å². The van der Waals surface area contributed by atoms with Gasteiger partial charge in [-0.3, -0.25) is 4.99 Å². The molecule has 1 aliphatic heterocycles. The van der Waals surface area contributed by atoms with Crippen molar-refractivity contribution in [2.75, 3.05) is 50.1 Å². The number of ether oxygens (including phenoxy) is 1. The second-order valence-corrected chi connectivity index (χ2v) is 8.10. The van der Waals surface area contributed by atoms with Crippen LogP contribution in [-0.4, -0.2) is 61.8 Å². The van der Waals surface area contributed by atoms with E-state index < -0.39 is 5.97 Å². The maximum absolute atomic E-state index is 11.4. The van der Waals surface area contributed by atoms with Crippen LogP contribution in [0, 0.1) is 0 Å². The van der Waals surface area contributed by atoms with Crippen LogP contribution in [0.15, 0.2) is 83.9 Å². The van der Waals surface area contributed by atoms with Gasteiger partial charge in [0.1, 0.15) is 5.75 Å². The highest BCUT2D eigenvalue weighted by molar-refractivity contribution is 5.96. The average molecular weight is 459 g/mol. The first-order valence-corrected chi connectivity index (χ1v) is 11.5. The van der Waals surface area contributed by atoms with E-state index in [-0.39, 0.29) is 5.56 Å². The number of aliphatic imine (C=N–C) groups is 1. The van der Waals surface area contributed by atoms with Gasteiger partial charge >= 0.3 is 5.97 Å². The first-order valence-electron chi connectivity index (χ1n) is 11.5. The molecule has 0 saturated carbocycles. The molecule has 1 heterocycles. The molecule has 1 fully saturated rings. The Bertz CT molecular complexity index is 1130. The largest absolute Gasteiger partial charge is 0.495 e. The molecule has 4 rings (SSSR count). The van der Waals surface area contributed by atoms with E-state index in [4.69, 9.17) is 9.73 Å². The molecule has 7 heteroatoms. The highest BCUT2D eigenvalue weighted by Crippen LogP contribution is 2.28. The molecule has 3 aromatic rings. The lowest BCUT2D eigenvalue weighted by molar-refractivity contribution is 0.0697. The van der Waals surface area contributed by atoms with Crippen LogP contribution in [0.4, 0.5) is 11.4 Å². The first-order chi connectivity index (χ1) is 16.6. The summed E-state index contributed by atoms with van der Waals surface area (Å²) in [5.74, 6) is 0.686. The Kier molecular flexibility index (Phi) is 7.65. The third kappa shape index (κ3) is 5.86. The Balaban J connectivity index is 1.49. The number of para-hydroxylation sites is 2. The number of nitrogens with one attached hydrogen (secondary N) is 1. The summed E-state index contributed by atoms with van der Waals surface area (Å²) in [7, 11) is 1.70. The Labute approximate surface area is 200 Å². The van der Waals surface area contributed by atoms with E-state index in [2.05, 4.69) is 33.3 Å². The predicted octanol–water partition coefficient (Wildman–Crippen LogP) is 4.23. The lowest BCUT2D eigenvalue weighted by Crippen LogP contribution is -2.51. The molecular formula is C27H30N4O3. The van der Waals surface area contributed by atoms with Gasteiger partial charge in [0, 0.05) is 38.4 Å². The molecule has 0 unspecified atom stereocenters. The van der Waals surface area contributed by atoms with Crippen LogP contribution in [0.5, 0.6) is 5.75 Å². The number of piperazine rings is 1.